The van der Waals surface area contributed by atoms with Gasteiger partial charge in [-0.1, -0.05) is 0 Å². The quantitative estimate of drug-likeness (QED) is 0.376. The standard InChI is InChI=1S/C11H9NO6/c1-18-10(13)5-3-7-2-4-8(12(16)17)6-9(7)11(14)15/h2-6H,1H3,(H,14,15). The second-order valence-electron chi connectivity index (χ2n) is 3.19. The molecule has 0 radical (unpaired) electrons. The maximum absolute atomic E-state index is 10.9. The van der Waals surface area contributed by atoms with Gasteiger partial charge in [-0.2, -0.15) is 0 Å². The van der Waals surface area contributed by atoms with Gasteiger partial charge in [0.05, 0.1) is 17.6 Å². The molecule has 0 aromatic heterocycles. The maximum atomic E-state index is 10.9. The molecule has 0 fully saturated rings. The van der Waals surface area contributed by atoms with Crippen molar-refractivity contribution in [3.8, 4) is 0 Å². The highest BCUT2D eigenvalue weighted by Crippen LogP contribution is 2.19. The van der Waals surface area contributed by atoms with Gasteiger partial charge < -0.3 is 9.84 Å². The van der Waals surface area contributed by atoms with Crippen molar-refractivity contribution in [2.75, 3.05) is 7.11 Å². The Hall–Kier alpha value is -2.70. The van der Waals surface area contributed by atoms with E-state index in [-0.39, 0.29) is 16.8 Å². The highest BCUT2D eigenvalue weighted by Gasteiger charge is 2.14. The highest BCUT2D eigenvalue weighted by molar-refractivity contribution is 5.95. The van der Waals surface area contributed by atoms with Crippen LogP contribution in [-0.4, -0.2) is 29.1 Å². The zero-order valence-electron chi connectivity index (χ0n) is 9.32. The van der Waals surface area contributed by atoms with Crippen LogP contribution in [0.5, 0.6) is 0 Å². The van der Waals surface area contributed by atoms with Crippen molar-refractivity contribution in [1.29, 1.82) is 0 Å². The maximum Gasteiger partial charge on any atom is 0.336 e. The van der Waals surface area contributed by atoms with Gasteiger partial charge in [-0.3, -0.25) is 10.1 Å². The molecule has 94 valence electrons. The van der Waals surface area contributed by atoms with Crippen LogP contribution in [0.3, 0.4) is 0 Å². The van der Waals surface area contributed by atoms with E-state index in [0.717, 1.165) is 18.2 Å². The number of non-ortho nitro benzene ring substituents is 1. The van der Waals surface area contributed by atoms with Gasteiger partial charge in [0.15, 0.2) is 0 Å². The number of carboxylic acids is 1. The van der Waals surface area contributed by atoms with Crippen LogP contribution in [0.25, 0.3) is 6.08 Å². The minimum Gasteiger partial charge on any atom is -0.478 e. The van der Waals surface area contributed by atoms with Gasteiger partial charge in [-0.25, -0.2) is 9.59 Å². The molecule has 7 heteroatoms. The molecule has 0 saturated heterocycles. The minimum atomic E-state index is -1.32. The number of esters is 1. The number of aromatic carboxylic acids is 1. The van der Waals surface area contributed by atoms with Crippen LogP contribution in [0.1, 0.15) is 15.9 Å². The number of carboxylic acid groups (broad SMARTS) is 1. The van der Waals surface area contributed by atoms with E-state index >= 15 is 0 Å². The first-order valence-corrected chi connectivity index (χ1v) is 4.73. The number of nitro benzene ring substituents is 1. The molecular formula is C11H9NO6. The average Bonchev–Trinajstić information content (AvgIpc) is 2.35. The average molecular weight is 251 g/mol. The van der Waals surface area contributed by atoms with Crippen LogP contribution < -0.4 is 0 Å². The summed E-state index contributed by atoms with van der Waals surface area (Å²) >= 11 is 0. The Morgan fingerprint density at radius 1 is 1.44 bits per heavy atom. The van der Waals surface area contributed by atoms with E-state index in [2.05, 4.69) is 4.74 Å². The number of rotatable bonds is 4. The second-order valence-corrected chi connectivity index (χ2v) is 3.19. The summed E-state index contributed by atoms with van der Waals surface area (Å²) in [5.74, 6) is -1.96. The summed E-state index contributed by atoms with van der Waals surface area (Å²) in [7, 11) is 1.18. The third kappa shape index (κ3) is 3.14. The fourth-order valence-corrected chi connectivity index (χ4v) is 1.21. The van der Waals surface area contributed by atoms with Crippen LogP contribution in [0.4, 0.5) is 5.69 Å². The summed E-state index contributed by atoms with van der Waals surface area (Å²) in [6.07, 6.45) is 2.26. The van der Waals surface area contributed by atoms with Gasteiger partial charge >= 0.3 is 11.9 Å². The first-order valence-electron chi connectivity index (χ1n) is 4.73. The van der Waals surface area contributed by atoms with Gasteiger partial charge in [-0.05, 0) is 17.7 Å². The number of nitro groups is 1. The second kappa shape index (κ2) is 5.58. The number of benzene rings is 1. The smallest absolute Gasteiger partial charge is 0.336 e. The van der Waals surface area contributed by atoms with E-state index in [4.69, 9.17) is 5.11 Å². The molecular weight excluding hydrogens is 242 g/mol. The number of methoxy groups -OCH3 is 1. The SMILES string of the molecule is COC(=O)C=Cc1ccc([N+](=O)[O-])cc1C(=O)O. The number of carbonyl (C=O) groups is 2. The van der Waals surface area contributed by atoms with Crippen molar-refractivity contribution < 1.29 is 24.4 Å². The summed E-state index contributed by atoms with van der Waals surface area (Å²) < 4.78 is 4.35. The number of carbonyl (C=O) groups excluding carboxylic acids is 1. The Labute approximate surface area is 101 Å². The fraction of sp³-hybridized carbons (Fsp3) is 0.0909. The number of nitrogens with zero attached hydrogens (tertiary/aromatic N) is 1. The van der Waals surface area contributed by atoms with Gasteiger partial charge in [0.2, 0.25) is 0 Å². The van der Waals surface area contributed by atoms with E-state index in [1.54, 1.807) is 0 Å². The molecule has 0 amide bonds. The third-order valence-electron chi connectivity index (χ3n) is 2.08. The van der Waals surface area contributed by atoms with Crippen LogP contribution in [0, 0.1) is 10.1 Å². The lowest BCUT2D eigenvalue weighted by atomic mass is 10.1. The molecule has 0 atom stereocenters. The Bertz CT molecular complexity index is 534. The highest BCUT2D eigenvalue weighted by atomic mass is 16.6. The molecule has 1 rings (SSSR count). The number of ether oxygens (including phenoxy) is 1. The largest absolute Gasteiger partial charge is 0.478 e. The molecule has 0 aliphatic rings. The molecule has 0 unspecified atom stereocenters. The summed E-state index contributed by atoms with van der Waals surface area (Å²) in [6, 6.07) is 3.34. The van der Waals surface area contributed by atoms with Gasteiger partial charge in [-0.15, -0.1) is 0 Å². The summed E-state index contributed by atoms with van der Waals surface area (Å²) in [6.45, 7) is 0. The molecule has 1 aromatic rings. The molecule has 0 heterocycles. The first kappa shape index (κ1) is 13.4. The lowest BCUT2D eigenvalue weighted by molar-refractivity contribution is -0.384. The molecule has 0 aliphatic heterocycles. The van der Waals surface area contributed by atoms with Crippen LogP contribution in [0.15, 0.2) is 24.3 Å². The van der Waals surface area contributed by atoms with Gasteiger partial charge in [0.25, 0.3) is 5.69 Å². The number of hydrogen-bond acceptors (Lipinski definition) is 5. The normalized spacial score (nSPS) is 10.3. The molecule has 1 aromatic carbocycles. The topological polar surface area (TPSA) is 107 Å². The van der Waals surface area contributed by atoms with Crippen molar-refractivity contribution >= 4 is 23.7 Å². The minimum absolute atomic E-state index is 0.179. The monoisotopic (exact) mass is 251 g/mol. The predicted octanol–water partition coefficient (Wildman–Crippen LogP) is 1.48. The fourth-order valence-electron chi connectivity index (χ4n) is 1.21. The molecule has 0 aliphatic carbocycles. The zero-order valence-corrected chi connectivity index (χ0v) is 9.32. The zero-order chi connectivity index (χ0) is 13.7. The Balaban J connectivity index is 3.20. The van der Waals surface area contributed by atoms with Crippen molar-refractivity contribution in [2.24, 2.45) is 0 Å². The lowest BCUT2D eigenvalue weighted by Gasteiger charge is -2.00. The van der Waals surface area contributed by atoms with Gasteiger partial charge in [0, 0.05) is 18.2 Å². The van der Waals surface area contributed by atoms with Crippen molar-refractivity contribution in [2.45, 2.75) is 0 Å². The van der Waals surface area contributed by atoms with E-state index in [1.807, 2.05) is 0 Å². The molecule has 7 nitrogen and oxygen atoms in total. The Morgan fingerprint density at radius 3 is 2.61 bits per heavy atom. The summed E-state index contributed by atoms with van der Waals surface area (Å²) in [5, 5.41) is 19.4. The Kier molecular flexibility index (Phi) is 4.14. The van der Waals surface area contributed by atoms with Crippen molar-refractivity contribution in [3.05, 3.63) is 45.5 Å². The Morgan fingerprint density at radius 2 is 2.11 bits per heavy atom. The van der Waals surface area contributed by atoms with Crippen molar-refractivity contribution in [3.63, 3.8) is 0 Å². The van der Waals surface area contributed by atoms with E-state index in [1.165, 1.54) is 19.3 Å². The van der Waals surface area contributed by atoms with Crippen LogP contribution in [-0.2, 0) is 9.53 Å². The summed E-state index contributed by atoms with van der Waals surface area (Å²) in [4.78, 5) is 31.6. The number of hydrogen-bond donors (Lipinski definition) is 1. The lowest BCUT2D eigenvalue weighted by Crippen LogP contribution is -2.02. The first-order chi connectivity index (χ1) is 8.45. The van der Waals surface area contributed by atoms with E-state index < -0.39 is 16.9 Å². The van der Waals surface area contributed by atoms with Crippen LogP contribution >= 0.6 is 0 Å². The van der Waals surface area contributed by atoms with Gasteiger partial charge in [0.1, 0.15) is 0 Å². The third-order valence-corrected chi connectivity index (χ3v) is 2.08. The van der Waals surface area contributed by atoms with Crippen molar-refractivity contribution in [1.82, 2.24) is 0 Å². The molecule has 0 saturated carbocycles. The molecule has 0 bridgehead atoms. The molecule has 1 N–H and O–H groups in total. The van der Waals surface area contributed by atoms with Crippen LogP contribution in [0.2, 0.25) is 0 Å². The van der Waals surface area contributed by atoms with E-state index in [0.29, 0.717) is 0 Å². The molecule has 0 spiro atoms. The predicted molar refractivity (Wildman–Crippen MR) is 61.1 cm³/mol. The molecule has 18 heavy (non-hydrogen) atoms. The van der Waals surface area contributed by atoms with E-state index in [9.17, 15) is 19.7 Å². The summed E-state index contributed by atoms with van der Waals surface area (Å²) in [5.41, 5.74) is -0.412.